The van der Waals surface area contributed by atoms with Gasteiger partial charge < -0.3 is 9.15 Å². The first-order valence-electron chi connectivity index (χ1n) is 5.60. The van der Waals surface area contributed by atoms with Gasteiger partial charge in [-0.1, -0.05) is 0 Å². The summed E-state index contributed by atoms with van der Waals surface area (Å²) in [6.07, 6.45) is 0.0765. The van der Waals surface area contributed by atoms with E-state index in [9.17, 15) is 8.42 Å². The van der Waals surface area contributed by atoms with Gasteiger partial charge in [0.1, 0.15) is 5.76 Å². The Hall–Kier alpha value is -0.560. The van der Waals surface area contributed by atoms with Crippen LogP contribution in [0, 0.1) is 0 Å². The molecule has 0 saturated carbocycles. The summed E-state index contributed by atoms with van der Waals surface area (Å²) in [5, 5.41) is -0.0924. The maximum absolute atomic E-state index is 12.1. The van der Waals surface area contributed by atoms with Crippen LogP contribution in [0.2, 0.25) is 0 Å². The highest BCUT2D eigenvalue weighted by atomic mass is 35.5. The number of sulfonamides is 1. The van der Waals surface area contributed by atoms with Crippen molar-refractivity contribution in [2.45, 2.75) is 30.9 Å². The molecule has 0 radical (unpaired) electrons. The third-order valence-corrected chi connectivity index (χ3v) is 4.29. The number of ether oxygens (including phenoxy) is 1. The first-order chi connectivity index (χ1) is 8.37. The minimum absolute atomic E-state index is 0.0765. The lowest BCUT2D eigenvalue weighted by Crippen LogP contribution is -2.30. The molecule has 7 heteroatoms. The predicted molar refractivity (Wildman–Crippen MR) is 69.2 cm³/mol. The van der Waals surface area contributed by atoms with E-state index in [2.05, 4.69) is 0 Å². The first kappa shape index (κ1) is 15.5. The molecule has 0 aliphatic heterocycles. The standard InChI is InChI=1S/C11H18ClNO4S/c1-9(2)16-7-6-13(3)18(14,15)11-5-4-10(8-12)17-11/h4-5,9H,6-8H2,1-3H3. The van der Waals surface area contributed by atoms with Crippen LogP contribution in [0.3, 0.4) is 0 Å². The lowest BCUT2D eigenvalue weighted by atomic mass is 10.5. The third-order valence-electron chi connectivity index (χ3n) is 2.29. The fourth-order valence-corrected chi connectivity index (χ4v) is 2.48. The molecular weight excluding hydrogens is 278 g/mol. The molecule has 0 amide bonds. The van der Waals surface area contributed by atoms with Crippen molar-refractivity contribution in [1.82, 2.24) is 4.31 Å². The van der Waals surface area contributed by atoms with E-state index in [4.69, 9.17) is 20.8 Å². The lowest BCUT2D eigenvalue weighted by Gasteiger charge is -2.16. The van der Waals surface area contributed by atoms with Crippen LogP contribution in [0.4, 0.5) is 0 Å². The van der Waals surface area contributed by atoms with Crippen molar-refractivity contribution >= 4 is 21.6 Å². The highest BCUT2D eigenvalue weighted by Crippen LogP contribution is 2.18. The van der Waals surface area contributed by atoms with Crippen LogP contribution in [0.1, 0.15) is 19.6 Å². The summed E-state index contributed by atoms with van der Waals surface area (Å²) in [6, 6.07) is 2.96. The van der Waals surface area contributed by atoms with Gasteiger partial charge in [-0.15, -0.1) is 11.6 Å². The van der Waals surface area contributed by atoms with Crippen LogP contribution >= 0.6 is 11.6 Å². The summed E-state index contributed by atoms with van der Waals surface area (Å²) >= 11 is 5.57. The van der Waals surface area contributed by atoms with Gasteiger partial charge in [-0.3, -0.25) is 0 Å². The number of hydrogen-bond donors (Lipinski definition) is 0. The number of furan rings is 1. The van der Waals surface area contributed by atoms with Crippen molar-refractivity contribution < 1.29 is 17.6 Å². The van der Waals surface area contributed by atoms with E-state index >= 15 is 0 Å². The molecule has 0 saturated heterocycles. The molecule has 104 valence electrons. The topological polar surface area (TPSA) is 59.8 Å². The Morgan fingerprint density at radius 1 is 1.44 bits per heavy atom. The molecule has 0 aromatic carbocycles. The Kier molecular flexibility index (Phi) is 5.65. The van der Waals surface area contributed by atoms with Crippen LogP contribution < -0.4 is 0 Å². The zero-order valence-corrected chi connectivity index (χ0v) is 12.3. The fraction of sp³-hybridized carbons (Fsp3) is 0.636. The van der Waals surface area contributed by atoms with E-state index in [1.165, 1.54) is 17.4 Å². The maximum atomic E-state index is 12.1. The van der Waals surface area contributed by atoms with Crippen molar-refractivity contribution in [2.24, 2.45) is 0 Å². The molecule has 0 aliphatic rings. The summed E-state index contributed by atoms with van der Waals surface area (Å²) in [6.45, 7) is 4.41. The largest absolute Gasteiger partial charge is 0.447 e. The summed E-state index contributed by atoms with van der Waals surface area (Å²) in [5.41, 5.74) is 0. The zero-order chi connectivity index (χ0) is 13.8. The van der Waals surface area contributed by atoms with Gasteiger partial charge >= 0.3 is 0 Å². The smallest absolute Gasteiger partial charge is 0.276 e. The quantitative estimate of drug-likeness (QED) is 0.723. The van der Waals surface area contributed by atoms with Crippen molar-refractivity contribution in [1.29, 1.82) is 0 Å². The van der Waals surface area contributed by atoms with Gasteiger partial charge in [0.25, 0.3) is 10.0 Å². The molecule has 0 fully saturated rings. The van der Waals surface area contributed by atoms with Crippen molar-refractivity contribution in [2.75, 3.05) is 20.2 Å². The molecule has 1 aromatic heterocycles. The Balaban J connectivity index is 2.67. The van der Waals surface area contributed by atoms with E-state index in [-0.39, 0.29) is 23.6 Å². The fourth-order valence-electron chi connectivity index (χ4n) is 1.26. The molecule has 0 bridgehead atoms. The molecule has 0 unspecified atom stereocenters. The van der Waals surface area contributed by atoms with Crippen LogP contribution in [0.5, 0.6) is 0 Å². The molecule has 5 nitrogen and oxygen atoms in total. The van der Waals surface area contributed by atoms with Gasteiger partial charge in [-0.25, -0.2) is 8.42 Å². The van der Waals surface area contributed by atoms with E-state index in [1.807, 2.05) is 13.8 Å². The van der Waals surface area contributed by atoms with Crippen molar-refractivity contribution in [3.8, 4) is 0 Å². The highest BCUT2D eigenvalue weighted by molar-refractivity contribution is 7.89. The van der Waals surface area contributed by atoms with E-state index in [0.717, 1.165) is 0 Å². The normalized spacial score (nSPS) is 12.6. The predicted octanol–water partition coefficient (Wildman–Crippen LogP) is 2.06. The Bertz CT molecular complexity index is 469. The van der Waals surface area contributed by atoms with E-state index in [0.29, 0.717) is 12.4 Å². The third kappa shape index (κ3) is 3.98. The Labute approximate surface area is 113 Å². The van der Waals surface area contributed by atoms with Crippen LogP contribution in [-0.4, -0.2) is 39.0 Å². The lowest BCUT2D eigenvalue weighted by molar-refractivity contribution is 0.0735. The summed E-state index contributed by atoms with van der Waals surface area (Å²) < 4.78 is 35.8. The molecule has 0 spiro atoms. The monoisotopic (exact) mass is 295 g/mol. The second kappa shape index (κ2) is 6.56. The molecule has 1 aromatic rings. The van der Waals surface area contributed by atoms with Crippen LogP contribution in [0.15, 0.2) is 21.6 Å². The second-order valence-corrected chi connectivity index (χ2v) is 6.34. The average Bonchev–Trinajstić information content (AvgIpc) is 2.77. The first-order valence-corrected chi connectivity index (χ1v) is 7.58. The highest BCUT2D eigenvalue weighted by Gasteiger charge is 2.24. The minimum atomic E-state index is -3.60. The number of nitrogens with zero attached hydrogens (tertiary/aromatic N) is 1. The molecule has 1 heterocycles. The van der Waals surface area contributed by atoms with Gasteiger partial charge in [0, 0.05) is 13.6 Å². The van der Waals surface area contributed by atoms with Gasteiger partial charge in [0.2, 0.25) is 5.09 Å². The van der Waals surface area contributed by atoms with Crippen LogP contribution in [-0.2, 0) is 20.6 Å². The number of likely N-dealkylation sites (N-methyl/N-ethyl adjacent to an activating group) is 1. The molecule has 1 rings (SSSR count). The number of alkyl halides is 1. The molecular formula is C11H18ClNO4S. The second-order valence-electron chi connectivity index (χ2n) is 4.10. The van der Waals surface area contributed by atoms with E-state index in [1.54, 1.807) is 6.07 Å². The number of rotatable bonds is 7. The SMILES string of the molecule is CC(C)OCCN(C)S(=O)(=O)c1ccc(CCl)o1. The summed E-state index contributed by atoms with van der Waals surface area (Å²) in [4.78, 5) is 0. The van der Waals surface area contributed by atoms with Gasteiger partial charge in [0.05, 0.1) is 18.6 Å². The molecule has 0 aliphatic carbocycles. The Morgan fingerprint density at radius 2 is 2.11 bits per heavy atom. The van der Waals surface area contributed by atoms with E-state index < -0.39 is 10.0 Å². The zero-order valence-electron chi connectivity index (χ0n) is 10.7. The maximum Gasteiger partial charge on any atom is 0.276 e. The summed E-state index contributed by atoms with van der Waals surface area (Å²) in [5.74, 6) is 0.581. The minimum Gasteiger partial charge on any atom is -0.447 e. The number of hydrogen-bond acceptors (Lipinski definition) is 4. The molecule has 0 atom stereocenters. The number of halogens is 1. The average molecular weight is 296 g/mol. The van der Waals surface area contributed by atoms with Crippen molar-refractivity contribution in [3.63, 3.8) is 0 Å². The van der Waals surface area contributed by atoms with Gasteiger partial charge in [-0.05, 0) is 26.0 Å². The van der Waals surface area contributed by atoms with Gasteiger partial charge in [-0.2, -0.15) is 4.31 Å². The Morgan fingerprint density at radius 3 is 2.61 bits per heavy atom. The molecule has 18 heavy (non-hydrogen) atoms. The summed E-state index contributed by atoms with van der Waals surface area (Å²) in [7, 11) is -2.11. The molecule has 0 N–H and O–H groups in total. The van der Waals surface area contributed by atoms with Crippen molar-refractivity contribution in [3.05, 3.63) is 17.9 Å². The van der Waals surface area contributed by atoms with Gasteiger partial charge in [0.15, 0.2) is 0 Å². The van der Waals surface area contributed by atoms with Crippen LogP contribution in [0.25, 0.3) is 0 Å².